The summed E-state index contributed by atoms with van der Waals surface area (Å²) >= 11 is 6.11. The first-order valence-electron chi connectivity index (χ1n) is 6.89. The van der Waals surface area contributed by atoms with Crippen LogP contribution in [0.5, 0.6) is 11.5 Å². The second-order valence-corrected chi connectivity index (χ2v) is 4.92. The fourth-order valence-electron chi connectivity index (χ4n) is 1.85. The van der Waals surface area contributed by atoms with Crippen molar-refractivity contribution >= 4 is 17.4 Å². The minimum Gasteiger partial charge on any atom is -0.457 e. The second-order valence-electron chi connectivity index (χ2n) is 4.51. The van der Waals surface area contributed by atoms with Gasteiger partial charge in [-0.1, -0.05) is 25.4 Å². The number of anilines is 1. The number of nitrogens with zero attached hydrogens (tertiary/aromatic N) is 1. The van der Waals surface area contributed by atoms with Crippen LogP contribution in [0.4, 0.5) is 5.82 Å². The average molecular weight is 291 g/mol. The van der Waals surface area contributed by atoms with Crippen molar-refractivity contribution in [3.05, 3.63) is 47.1 Å². The number of aryl methyl sites for hydroxylation is 1. The third kappa shape index (κ3) is 3.87. The van der Waals surface area contributed by atoms with Crippen LogP contribution in [0.25, 0.3) is 0 Å². The van der Waals surface area contributed by atoms with Gasteiger partial charge in [0, 0.05) is 23.8 Å². The van der Waals surface area contributed by atoms with Crippen LogP contribution in [0.2, 0.25) is 5.02 Å². The Balaban J connectivity index is 2.13. The molecule has 0 spiro atoms. The fourth-order valence-corrected chi connectivity index (χ4v) is 2.10. The van der Waals surface area contributed by atoms with Gasteiger partial charge in [-0.15, -0.1) is 0 Å². The Kier molecular flexibility index (Phi) is 5.24. The molecule has 106 valence electrons. The van der Waals surface area contributed by atoms with Gasteiger partial charge in [0.15, 0.2) is 0 Å². The molecule has 0 amide bonds. The molecule has 1 N–H and O–H groups in total. The van der Waals surface area contributed by atoms with Gasteiger partial charge in [0.05, 0.1) is 0 Å². The van der Waals surface area contributed by atoms with E-state index in [-0.39, 0.29) is 0 Å². The fraction of sp³-hybridized carbons (Fsp3) is 0.312. The molecule has 1 heterocycles. The molecule has 2 rings (SSSR count). The van der Waals surface area contributed by atoms with Crippen molar-refractivity contribution in [2.24, 2.45) is 0 Å². The Labute approximate surface area is 124 Å². The zero-order valence-electron chi connectivity index (χ0n) is 11.8. The Bertz CT molecular complexity index is 572. The van der Waals surface area contributed by atoms with Crippen LogP contribution in [-0.4, -0.2) is 11.5 Å². The third-order valence-corrected chi connectivity index (χ3v) is 3.29. The summed E-state index contributed by atoms with van der Waals surface area (Å²) in [5.74, 6) is 2.39. The molecule has 0 bridgehead atoms. The summed E-state index contributed by atoms with van der Waals surface area (Å²) in [6, 6.07) is 9.46. The van der Waals surface area contributed by atoms with E-state index >= 15 is 0 Å². The molecular formula is C16H19ClN2O. The van der Waals surface area contributed by atoms with Gasteiger partial charge in [-0.3, -0.25) is 0 Å². The van der Waals surface area contributed by atoms with Gasteiger partial charge in [-0.25, -0.2) is 4.98 Å². The normalized spacial score (nSPS) is 10.3. The average Bonchev–Trinajstić information content (AvgIpc) is 2.47. The van der Waals surface area contributed by atoms with Gasteiger partial charge >= 0.3 is 0 Å². The molecule has 1 aromatic heterocycles. The maximum atomic E-state index is 6.11. The molecule has 0 fully saturated rings. The van der Waals surface area contributed by atoms with Crippen LogP contribution in [0.3, 0.4) is 0 Å². The van der Waals surface area contributed by atoms with E-state index in [1.54, 1.807) is 6.20 Å². The Morgan fingerprint density at radius 1 is 1.15 bits per heavy atom. The van der Waals surface area contributed by atoms with E-state index in [2.05, 4.69) is 24.1 Å². The number of hydrogen-bond acceptors (Lipinski definition) is 3. The van der Waals surface area contributed by atoms with Crippen molar-refractivity contribution in [3.63, 3.8) is 0 Å². The van der Waals surface area contributed by atoms with Crippen LogP contribution >= 0.6 is 11.6 Å². The molecule has 1 aromatic carbocycles. The Morgan fingerprint density at radius 3 is 2.70 bits per heavy atom. The highest BCUT2D eigenvalue weighted by atomic mass is 35.5. The smallest absolute Gasteiger partial charge is 0.132 e. The minimum absolute atomic E-state index is 0.767. The van der Waals surface area contributed by atoms with E-state index < -0.39 is 0 Å². The lowest BCUT2D eigenvalue weighted by Gasteiger charge is -2.10. The highest BCUT2D eigenvalue weighted by Crippen LogP contribution is 2.27. The molecule has 0 aliphatic heterocycles. The third-order valence-electron chi connectivity index (χ3n) is 2.92. The van der Waals surface area contributed by atoms with Crippen LogP contribution in [0.15, 0.2) is 36.5 Å². The topological polar surface area (TPSA) is 34.1 Å². The SMILES string of the molecule is CCCNc1cc(Oc2ccc(Cl)c(CC)c2)ccn1. The number of benzene rings is 1. The van der Waals surface area contributed by atoms with Gasteiger partial charge in [0.1, 0.15) is 17.3 Å². The molecule has 3 nitrogen and oxygen atoms in total. The first kappa shape index (κ1) is 14.7. The number of nitrogens with one attached hydrogen (secondary N) is 1. The zero-order valence-corrected chi connectivity index (χ0v) is 12.6. The maximum absolute atomic E-state index is 6.11. The highest BCUT2D eigenvalue weighted by Gasteiger charge is 2.03. The number of ether oxygens (including phenoxy) is 1. The summed E-state index contributed by atoms with van der Waals surface area (Å²) in [7, 11) is 0. The van der Waals surface area contributed by atoms with Gasteiger partial charge < -0.3 is 10.1 Å². The number of halogens is 1. The van der Waals surface area contributed by atoms with Crippen molar-refractivity contribution < 1.29 is 4.74 Å². The van der Waals surface area contributed by atoms with Gasteiger partial charge in [-0.2, -0.15) is 0 Å². The van der Waals surface area contributed by atoms with Crippen LogP contribution in [0, 0.1) is 0 Å². The molecule has 4 heteroatoms. The zero-order chi connectivity index (χ0) is 14.4. The van der Waals surface area contributed by atoms with Crippen LogP contribution in [-0.2, 0) is 6.42 Å². The van der Waals surface area contributed by atoms with Crippen molar-refractivity contribution in [3.8, 4) is 11.5 Å². The minimum atomic E-state index is 0.767. The lowest BCUT2D eigenvalue weighted by molar-refractivity contribution is 0.481. The van der Waals surface area contributed by atoms with E-state index in [0.717, 1.165) is 47.3 Å². The summed E-state index contributed by atoms with van der Waals surface area (Å²) in [6.45, 7) is 5.09. The van der Waals surface area contributed by atoms with Crippen molar-refractivity contribution in [1.82, 2.24) is 4.98 Å². The Hall–Kier alpha value is -1.74. The predicted octanol–water partition coefficient (Wildman–Crippen LogP) is 4.91. The van der Waals surface area contributed by atoms with E-state index in [4.69, 9.17) is 16.3 Å². The second kappa shape index (κ2) is 7.15. The lowest BCUT2D eigenvalue weighted by atomic mass is 10.1. The maximum Gasteiger partial charge on any atom is 0.132 e. The number of pyridine rings is 1. The van der Waals surface area contributed by atoms with Crippen molar-refractivity contribution in [1.29, 1.82) is 0 Å². The van der Waals surface area contributed by atoms with Gasteiger partial charge in [0.25, 0.3) is 0 Å². The lowest BCUT2D eigenvalue weighted by Crippen LogP contribution is -2.01. The summed E-state index contributed by atoms with van der Waals surface area (Å²) in [5, 5.41) is 4.02. The van der Waals surface area contributed by atoms with E-state index in [1.807, 2.05) is 30.3 Å². The molecule has 0 radical (unpaired) electrons. The number of rotatable bonds is 6. The van der Waals surface area contributed by atoms with Crippen LogP contribution < -0.4 is 10.1 Å². The standard InChI is InChI=1S/C16H19ClN2O/c1-3-8-18-16-11-14(7-9-19-16)20-13-5-6-15(17)12(4-2)10-13/h5-7,9-11H,3-4,8H2,1-2H3,(H,18,19). The van der Waals surface area contributed by atoms with E-state index in [0.29, 0.717) is 0 Å². The first-order valence-corrected chi connectivity index (χ1v) is 7.27. The van der Waals surface area contributed by atoms with E-state index in [9.17, 15) is 0 Å². The molecule has 0 saturated heterocycles. The summed E-state index contributed by atoms with van der Waals surface area (Å²) in [4.78, 5) is 4.25. The van der Waals surface area contributed by atoms with E-state index in [1.165, 1.54) is 0 Å². The first-order chi connectivity index (χ1) is 9.72. The molecule has 2 aromatic rings. The predicted molar refractivity (Wildman–Crippen MR) is 83.9 cm³/mol. The van der Waals surface area contributed by atoms with Gasteiger partial charge in [0.2, 0.25) is 0 Å². The molecule has 0 unspecified atom stereocenters. The molecule has 0 atom stereocenters. The summed E-state index contributed by atoms with van der Waals surface area (Å²) < 4.78 is 5.86. The summed E-state index contributed by atoms with van der Waals surface area (Å²) in [6.07, 6.45) is 3.68. The molecule has 0 aliphatic rings. The van der Waals surface area contributed by atoms with Crippen molar-refractivity contribution in [2.75, 3.05) is 11.9 Å². The Morgan fingerprint density at radius 2 is 1.95 bits per heavy atom. The van der Waals surface area contributed by atoms with Crippen LogP contribution in [0.1, 0.15) is 25.8 Å². The largest absolute Gasteiger partial charge is 0.457 e. The number of aromatic nitrogens is 1. The highest BCUT2D eigenvalue weighted by molar-refractivity contribution is 6.31. The molecular weight excluding hydrogens is 272 g/mol. The molecule has 20 heavy (non-hydrogen) atoms. The quantitative estimate of drug-likeness (QED) is 0.820. The number of hydrogen-bond donors (Lipinski definition) is 1. The monoisotopic (exact) mass is 290 g/mol. The molecule has 0 saturated carbocycles. The van der Waals surface area contributed by atoms with Gasteiger partial charge in [-0.05, 0) is 42.7 Å². The summed E-state index contributed by atoms with van der Waals surface area (Å²) in [5.41, 5.74) is 1.09. The van der Waals surface area contributed by atoms with Crippen molar-refractivity contribution in [2.45, 2.75) is 26.7 Å². The molecule has 0 aliphatic carbocycles.